The first kappa shape index (κ1) is 27.2. The van der Waals surface area contributed by atoms with Crippen LogP contribution in [-0.4, -0.2) is 37.5 Å². The maximum absolute atomic E-state index is 13.9. The number of fused-ring (bicyclic) bond motifs is 1. The maximum Gasteiger partial charge on any atom is 0.338 e. The molecule has 1 atom stereocenters. The standard InChI is InChI=1S/C29H32N2O6S/c1-6-16-37-20-14-12-19(13-15-20)17-23-27(32)31-25(21-10-9-11-22(34-5)26(21)35-7-2)24(28(33)36-8-3)18(4)30-29(31)38-23/h9-15,17,25H,6-8,16H2,1-5H3/b23-17+. The lowest BCUT2D eigenvalue weighted by Gasteiger charge is -2.26. The Morgan fingerprint density at radius 2 is 1.84 bits per heavy atom. The summed E-state index contributed by atoms with van der Waals surface area (Å²) < 4.78 is 24.6. The third-order valence-corrected chi connectivity index (χ3v) is 6.96. The van der Waals surface area contributed by atoms with E-state index in [1.165, 1.54) is 11.3 Å². The summed E-state index contributed by atoms with van der Waals surface area (Å²) in [7, 11) is 1.55. The number of hydrogen-bond acceptors (Lipinski definition) is 8. The van der Waals surface area contributed by atoms with Gasteiger partial charge in [0.05, 0.1) is 42.7 Å². The van der Waals surface area contributed by atoms with Crippen molar-refractivity contribution in [2.24, 2.45) is 4.99 Å². The first-order valence-corrected chi connectivity index (χ1v) is 13.5. The predicted octanol–water partition coefficient (Wildman–Crippen LogP) is 3.99. The second kappa shape index (κ2) is 12.1. The molecule has 0 radical (unpaired) electrons. The molecule has 2 aromatic carbocycles. The lowest BCUT2D eigenvalue weighted by Crippen LogP contribution is -2.40. The number of carbonyl (C=O) groups is 1. The van der Waals surface area contributed by atoms with E-state index >= 15 is 0 Å². The van der Waals surface area contributed by atoms with Crippen molar-refractivity contribution in [3.8, 4) is 17.2 Å². The van der Waals surface area contributed by atoms with Crippen LogP contribution in [0.2, 0.25) is 0 Å². The summed E-state index contributed by atoms with van der Waals surface area (Å²) in [6.07, 6.45) is 2.75. The van der Waals surface area contributed by atoms with Crippen LogP contribution in [-0.2, 0) is 9.53 Å². The lowest BCUT2D eigenvalue weighted by atomic mass is 9.94. The molecule has 3 aromatic rings. The quantitative estimate of drug-likeness (QED) is 0.364. The average Bonchev–Trinajstić information content (AvgIpc) is 3.22. The third-order valence-electron chi connectivity index (χ3n) is 5.98. The molecular formula is C29H32N2O6S. The summed E-state index contributed by atoms with van der Waals surface area (Å²) in [5, 5.41) is 0. The molecule has 1 aliphatic rings. The summed E-state index contributed by atoms with van der Waals surface area (Å²) in [5.74, 6) is 1.23. The molecule has 0 amide bonds. The molecule has 8 nitrogen and oxygen atoms in total. The number of para-hydroxylation sites is 1. The molecule has 0 fully saturated rings. The zero-order chi connectivity index (χ0) is 27.2. The van der Waals surface area contributed by atoms with Crippen LogP contribution in [0.25, 0.3) is 6.08 Å². The van der Waals surface area contributed by atoms with Gasteiger partial charge in [-0.3, -0.25) is 9.36 Å². The number of rotatable bonds is 10. The number of aromatic nitrogens is 1. The predicted molar refractivity (Wildman–Crippen MR) is 147 cm³/mol. The Morgan fingerprint density at radius 3 is 2.50 bits per heavy atom. The van der Waals surface area contributed by atoms with E-state index in [1.54, 1.807) is 31.6 Å². The normalized spacial score (nSPS) is 15.1. The molecule has 0 bridgehead atoms. The fourth-order valence-corrected chi connectivity index (χ4v) is 5.37. The summed E-state index contributed by atoms with van der Waals surface area (Å²) in [5.41, 5.74) is 1.99. The SMILES string of the molecule is CCCOc1ccc(/C=c2/sc3n(c2=O)C(c2cccc(OC)c2OCC)C(C(=O)OCC)=C(C)N=3)cc1. The second-order valence-corrected chi connectivity index (χ2v) is 9.54. The molecule has 0 aliphatic carbocycles. The maximum atomic E-state index is 13.9. The molecule has 0 saturated heterocycles. The van der Waals surface area contributed by atoms with Crippen molar-refractivity contribution in [1.29, 1.82) is 0 Å². The van der Waals surface area contributed by atoms with E-state index in [-0.39, 0.29) is 17.7 Å². The first-order valence-electron chi connectivity index (χ1n) is 12.7. The molecule has 2 heterocycles. The van der Waals surface area contributed by atoms with E-state index in [2.05, 4.69) is 11.9 Å². The van der Waals surface area contributed by atoms with Crippen molar-refractivity contribution in [3.05, 3.63) is 84.5 Å². The summed E-state index contributed by atoms with van der Waals surface area (Å²) in [4.78, 5) is 32.2. The molecule has 4 rings (SSSR count). The van der Waals surface area contributed by atoms with Crippen molar-refractivity contribution >= 4 is 23.4 Å². The molecule has 0 saturated carbocycles. The van der Waals surface area contributed by atoms with Gasteiger partial charge < -0.3 is 18.9 Å². The van der Waals surface area contributed by atoms with Crippen molar-refractivity contribution < 1.29 is 23.7 Å². The highest BCUT2D eigenvalue weighted by Gasteiger charge is 2.35. The number of methoxy groups -OCH3 is 1. The highest BCUT2D eigenvalue weighted by molar-refractivity contribution is 7.07. The van der Waals surface area contributed by atoms with Crippen LogP contribution in [0.4, 0.5) is 0 Å². The summed E-state index contributed by atoms with van der Waals surface area (Å²) in [6.45, 7) is 8.64. The Kier molecular flexibility index (Phi) is 8.68. The number of esters is 1. The van der Waals surface area contributed by atoms with Crippen molar-refractivity contribution in [2.45, 2.75) is 40.2 Å². The van der Waals surface area contributed by atoms with Crippen molar-refractivity contribution in [3.63, 3.8) is 0 Å². The second-order valence-electron chi connectivity index (χ2n) is 8.53. The number of allylic oxidation sites excluding steroid dienone is 1. The van der Waals surface area contributed by atoms with Crippen LogP contribution in [0, 0.1) is 0 Å². The monoisotopic (exact) mass is 536 g/mol. The minimum absolute atomic E-state index is 0.196. The van der Waals surface area contributed by atoms with Crippen LogP contribution < -0.4 is 29.1 Å². The van der Waals surface area contributed by atoms with Crippen molar-refractivity contribution in [2.75, 3.05) is 26.9 Å². The zero-order valence-electron chi connectivity index (χ0n) is 22.3. The highest BCUT2D eigenvalue weighted by Crippen LogP contribution is 2.40. The van der Waals surface area contributed by atoms with Gasteiger partial charge in [0.15, 0.2) is 16.3 Å². The van der Waals surface area contributed by atoms with Gasteiger partial charge in [-0.25, -0.2) is 9.79 Å². The fraction of sp³-hybridized carbons (Fsp3) is 0.345. The Morgan fingerprint density at radius 1 is 1.08 bits per heavy atom. The number of thiazole rings is 1. The lowest BCUT2D eigenvalue weighted by molar-refractivity contribution is -0.139. The highest BCUT2D eigenvalue weighted by atomic mass is 32.1. The van der Waals surface area contributed by atoms with Crippen LogP contribution in [0.5, 0.6) is 17.2 Å². The minimum atomic E-state index is -0.797. The van der Waals surface area contributed by atoms with Gasteiger partial charge in [-0.1, -0.05) is 42.5 Å². The van der Waals surface area contributed by atoms with Gasteiger partial charge in [-0.15, -0.1) is 0 Å². The van der Waals surface area contributed by atoms with Crippen LogP contribution in [0.3, 0.4) is 0 Å². The van der Waals surface area contributed by atoms with Gasteiger partial charge in [-0.05, 0) is 57.0 Å². The van der Waals surface area contributed by atoms with Gasteiger partial charge >= 0.3 is 5.97 Å². The zero-order valence-corrected chi connectivity index (χ0v) is 23.1. The van der Waals surface area contributed by atoms with E-state index in [1.807, 2.05) is 49.4 Å². The molecule has 38 heavy (non-hydrogen) atoms. The molecular weight excluding hydrogens is 504 g/mol. The average molecular weight is 537 g/mol. The number of benzene rings is 2. The van der Waals surface area contributed by atoms with Gasteiger partial charge in [0.1, 0.15) is 11.8 Å². The Hall–Kier alpha value is -3.85. The number of ether oxygens (including phenoxy) is 4. The van der Waals surface area contributed by atoms with E-state index in [0.29, 0.717) is 45.3 Å². The molecule has 1 aliphatic heterocycles. The van der Waals surface area contributed by atoms with E-state index in [0.717, 1.165) is 17.7 Å². The topological polar surface area (TPSA) is 88.3 Å². The smallest absolute Gasteiger partial charge is 0.338 e. The molecule has 200 valence electrons. The molecule has 1 aromatic heterocycles. The molecule has 9 heteroatoms. The minimum Gasteiger partial charge on any atom is -0.494 e. The fourth-order valence-electron chi connectivity index (χ4n) is 4.33. The van der Waals surface area contributed by atoms with Crippen molar-refractivity contribution in [1.82, 2.24) is 4.57 Å². The Labute approximate surface area is 225 Å². The van der Waals surface area contributed by atoms with Crippen LogP contribution >= 0.6 is 11.3 Å². The van der Waals surface area contributed by atoms with Crippen LogP contribution in [0.15, 0.2) is 63.5 Å². The number of nitrogens with zero attached hydrogens (tertiary/aromatic N) is 2. The summed E-state index contributed by atoms with van der Waals surface area (Å²) in [6, 6.07) is 12.2. The molecule has 1 unspecified atom stereocenters. The van der Waals surface area contributed by atoms with E-state index in [9.17, 15) is 9.59 Å². The van der Waals surface area contributed by atoms with Gasteiger partial charge in [0.25, 0.3) is 5.56 Å². The van der Waals surface area contributed by atoms with Gasteiger partial charge in [0.2, 0.25) is 0 Å². The van der Waals surface area contributed by atoms with Gasteiger partial charge in [-0.2, -0.15) is 0 Å². The van der Waals surface area contributed by atoms with Gasteiger partial charge in [0, 0.05) is 5.56 Å². The van der Waals surface area contributed by atoms with Crippen LogP contribution in [0.1, 0.15) is 51.3 Å². The van der Waals surface area contributed by atoms with E-state index < -0.39 is 12.0 Å². The largest absolute Gasteiger partial charge is 0.494 e. The number of hydrogen-bond donors (Lipinski definition) is 0. The molecule has 0 spiro atoms. The van der Waals surface area contributed by atoms with E-state index in [4.69, 9.17) is 18.9 Å². The first-order chi connectivity index (χ1) is 18.4. The summed E-state index contributed by atoms with van der Waals surface area (Å²) >= 11 is 1.27. The molecule has 0 N–H and O–H groups in total. The Bertz CT molecular complexity index is 1520. The third kappa shape index (κ3) is 5.38. The Balaban J connectivity index is 1.91. The number of carbonyl (C=O) groups excluding carboxylic acids is 1.